The van der Waals surface area contributed by atoms with Crippen LogP contribution in [0.5, 0.6) is 0 Å². The highest BCUT2D eigenvalue weighted by Gasteiger charge is 2.42. The second kappa shape index (κ2) is 5.07. The van der Waals surface area contributed by atoms with Crippen LogP contribution in [-0.2, 0) is 0 Å². The van der Waals surface area contributed by atoms with Gasteiger partial charge in [-0.25, -0.2) is 9.78 Å². The highest BCUT2D eigenvalue weighted by atomic mass is 19.4. The third kappa shape index (κ3) is 2.97. The number of halogens is 3. The molecule has 2 rings (SSSR count). The summed E-state index contributed by atoms with van der Waals surface area (Å²) in [7, 11) is 0. The van der Waals surface area contributed by atoms with Crippen molar-refractivity contribution < 1.29 is 23.1 Å². The van der Waals surface area contributed by atoms with Crippen LogP contribution in [0.25, 0.3) is 0 Å². The second-order valence-corrected chi connectivity index (χ2v) is 4.51. The fourth-order valence-corrected chi connectivity index (χ4v) is 2.25. The van der Waals surface area contributed by atoms with Crippen molar-refractivity contribution in [2.24, 2.45) is 5.92 Å². The minimum absolute atomic E-state index is 0.0645. The first-order chi connectivity index (χ1) is 8.89. The minimum Gasteiger partial charge on any atom is -0.478 e. The zero-order valence-corrected chi connectivity index (χ0v) is 10.0. The van der Waals surface area contributed by atoms with Gasteiger partial charge in [-0.05, 0) is 25.0 Å². The molecule has 1 aliphatic heterocycles. The van der Waals surface area contributed by atoms with Crippen LogP contribution in [0.1, 0.15) is 23.2 Å². The van der Waals surface area contributed by atoms with Gasteiger partial charge in [0.25, 0.3) is 0 Å². The SMILES string of the molecule is O=C(O)c1cccnc1N1CCCC(C(F)(F)F)C1. The normalized spacial score (nSPS) is 20.4. The molecular weight excluding hydrogens is 261 g/mol. The number of carboxylic acid groups (broad SMARTS) is 1. The molecule has 104 valence electrons. The number of carboxylic acids is 1. The Morgan fingerprint density at radius 3 is 2.84 bits per heavy atom. The summed E-state index contributed by atoms with van der Waals surface area (Å²) in [5.74, 6) is -2.49. The molecule has 19 heavy (non-hydrogen) atoms. The number of nitrogens with zero attached hydrogens (tertiary/aromatic N) is 2. The number of hydrogen-bond donors (Lipinski definition) is 1. The molecule has 1 aromatic heterocycles. The molecule has 1 saturated heterocycles. The zero-order valence-electron chi connectivity index (χ0n) is 10.0. The van der Waals surface area contributed by atoms with Crippen molar-refractivity contribution in [1.82, 2.24) is 4.98 Å². The fourth-order valence-electron chi connectivity index (χ4n) is 2.25. The van der Waals surface area contributed by atoms with Gasteiger partial charge in [-0.15, -0.1) is 0 Å². The van der Waals surface area contributed by atoms with E-state index in [0.717, 1.165) is 0 Å². The molecule has 2 heterocycles. The van der Waals surface area contributed by atoms with Gasteiger partial charge in [0.2, 0.25) is 0 Å². The minimum atomic E-state index is -4.25. The van der Waals surface area contributed by atoms with E-state index in [1.165, 1.54) is 23.2 Å². The number of pyridine rings is 1. The average molecular weight is 274 g/mol. The van der Waals surface area contributed by atoms with Gasteiger partial charge in [0.15, 0.2) is 0 Å². The predicted octanol–water partition coefficient (Wildman–Crippen LogP) is 2.56. The first kappa shape index (κ1) is 13.6. The topological polar surface area (TPSA) is 53.4 Å². The first-order valence-electron chi connectivity index (χ1n) is 5.89. The van der Waals surface area contributed by atoms with Crippen LogP contribution < -0.4 is 4.90 Å². The Morgan fingerprint density at radius 1 is 1.47 bits per heavy atom. The average Bonchev–Trinajstić information content (AvgIpc) is 2.38. The Hall–Kier alpha value is -1.79. The summed E-state index contributed by atoms with van der Waals surface area (Å²) in [5, 5.41) is 9.03. The predicted molar refractivity (Wildman–Crippen MR) is 62.2 cm³/mol. The van der Waals surface area contributed by atoms with E-state index in [1.54, 1.807) is 0 Å². The molecule has 0 radical (unpaired) electrons. The van der Waals surface area contributed by atoms with E-state index >= 15 is 0 Å². The van der Waals surface area contributed by atoms with Gasteiger partial charge in [0, 0.05) is 19.3 Å². The lowest BCUT2D eigenvalue weighted by atomic mass is 9.97. The van der Waals surface area contributed by atoms with Gasteiger partial charge < -0.3 is 10.0 Å². The van der Waals surface area contributed by atoms with Gasteiger partial charge in [0.05, 0.1) is 5.92 Å². The molecule has 1 unspecified atom stereocenters. The molecule has 0 aliphatic carbocycles. The van der Waals surface area contributed by atoms with Crippen LogP contribution in [0.3, 0.4) is 0 Å². The van der Waals surface area contributed by atoms with Gasteiger partial charge in [0.1, 0.15) is 11.4 Å². The summed E-state index contributed by atoms with van der Waals surface area (Å²) in [4.78, 5) is 16.4. The summed E-state index contributed by atoms with van der Waals surface area (Å²) in [6.45, 7) is 0.157. The van der Waals surface area contributed by atoms with Crippen molar-refractivity contribution in [2.45, 2.75) is 19.0 Å². The van der Waals surface area contributed by atoms with Crippen molar-refractivity contribution in [3.8, 4) is 0 Å². The lowest BCUT2D eigenvalue weighted by Crippen LogP contribution is -2.42. The van der Waals surface area contributed by atoms with Crippen LogP contribution in [0, 0.1) is 5.92 Å². The van der Waals surface area contributed by atoms with E-state index in [4.69, 9.17) is 5.11 Å². The summed E-state index contributed by atoms with van der Waals surface area (Å²) < 4.78 is 38.2. The number of alkyl halides is 3. The lowest BCUT2D eigenvalue weighted by molar-refractivity contribution is -0.176. The van der Waals surface area contributed by atoms with Crippen molar-refractivity contribution in [3.63, 3.8) is 0 Å². The quantitative estimate of drug-likeness (QED) is 0.900. The molecule has 1 atom stereocenters. The zero-order chi connectivity index (χ0) is 14.0. The highest BCUT2D eigenvalue weighted by molar-refractivity contribution is 5.93. The van der Waals surface area contributed by atoms with Crippen LogP contribution in [0.2, 0.25) is 0 Å². The molecule has 1 aromatic rings. The van der Waals surface area contributed by atoms with Gasteiger partial charge in [-0.2, -0.15) is 13.2 Å². The molecular formula is C12H13F3N2O2. The smallest absolute Gasteiger partial charge is 0.393 e. The fraction of sp³-hybridized carbons (Fsp3) is 0.500. The number of aromatic carboxylic acids is 1. The standard InChI is InChI=1S/C12H13F3N2O2/c13-12(14,15)8-3-2-6-17(7-8)10-9(11(18)19)4-1-5-16-10/h1,4-5,8H,2-3,6-7H2,(H,18,19). The first-order valence-corrected chi connectivity index (χ1v) is 5.89. The number of aromatic nitrogens is 1. The van der Waals surface area contributed by atoms with Crippen LogP contribution in [-0.4, -0.2) is 35.3 Å². The molecule has 0 saturated carbocycles. The third-order valence-corrected chi connectivity index (χ3v) is 3.20. The third-order valence-electron chi connectivity index (χ3n) is 3.20. The van der Waals surface area contributed by atoms with E-state index in [2.05, 4.69) is 4.98 Å². The van der Waals surface area contributed by atoms with E-state index in [9.17, 15) is 18.0 Å². The van der Waals surface area contributed by atoms with Crippen molar-refractivity contribution in [2.75, 3.05) is 18.0 Å². The summed E-state index contributed by atoms with van der Waals surface area (Å²) in [5.41, 5.74) is -0.0645. The van der Waals surface area contributed by atoms with Crippen LogP contribution >= 0.6 is 0 Å². The number of carbonyl (C=O) groups is 1. The molecule has 4 nitrogen and oxygen atoms in total. The Balaban J connectivity index is 2.25. The Labute approximate surface area is 107 Å². The monoisotopic (exact) mass is 274 g/mol. The largest absolute Gasteiger partial charge is 0.478 e. The van der Waals surface area contributed by atoms with Crippen LogP contribution in [0.4, 0.5) is 19.0 Å². The highest BCUT2D eigenvalue weighted by Crippen LogP contribution is 2.34. The Bertz CT molecular complexity index is 476. The number of piperidine rings is 1. The van der Waals surface area contributed by atoms with Crippen molar-refractivity contribution in [1.29, 1.82) is 0 Å². The lowest BCUT2D eigenvalue weighted by Gasteiger charge is -2.34. The molecule has 0 amide bonds. The summed E-state index contributed by atoms with van der Waals surface area (Å²) in [6, 6.07) is 2.81. The molecule has 1 aliphatic rings. The molecule has 1 fully saturated rings. The van der Waals surface area contributed by atoms with Crippen LogP contribution in [0.15, 0.2) is 18.3 Å². The van der Waals surface area contributed by atoms with E-state index < -0.39 is 18.1 Å². The van der Waals surface area contributed by atoms with Gasteiger partial charge >= 0.3 is 12.1 Å². The van der Waals surface area contributed by atoms with Crippen molar-refractivity contribution >= 4 is 11.8 Å². The molecule has 0 aromatic carbocycles. The maximum absolute atomic E-state index is 12.7. The van der Waals surface area contributed by atoms with E-state index in [1.807, 2.05) is 0 Å². The molecule has 0 spiro atoms. The number of rotatable bonds is 2. The second-order valence-electron chi connectivity index (χ2n) is 4.51. The molecule has 1 N–H and O–H groups in total. The maximum Gasteiger partial charge on any atom is 0.393 e. The van der Waals surface area contributed by atoms with Gasteiger partial charge in [-0.3, -0.25) is 0 Å². The number of anilines is 1. The summed E-state index contributed by atoms with van der Waals surface area (Å²) >= 11 is 0. The van der Waals surface area contributed by atoms with Crippen molar-refractivity contribution in [3.05, 3.63) is 23.9 Å². The maximum atomic E-state index is 12.7. The van der Waals surface area contributed by atoms with E-state index in [0.29, 0.717) is 13.0 Å². The molecule has 7 heteroatoms. The van der Waals surface area contributed by atoms with E-state index in [-0.39, 0.29) is 24.3 Å². The van der Waals surface area contributed by atoms with Gasteiger partial charge in [-0.1, -0.05) is 0 Å². The Kier molecular flexibility index (Phi) is 3.64. The number of hydrogen-bond acceptors (Lipinski definition) is 3. The summed E-state index contributed by atoms with van der Waals surface area (Å²) in [6.07, 6.45) is -2.41. The molecule has 0 bridgehead atoms. The Morgan fingerprint density at radius 2 is 2.21 bits per heavy atom.